The van der Waals surface area contributed by atoms with Crippen LogP contribution in [0.4, 0.5) is 0 Å². The lowest BCUT2D eigenvalue weighted by Crippen LogP contribution is -2.20. The number of ketones is 1. The van der Waals surface area contributed by atoms with E-state index in [0.29, 0.717) is 12.1 Å². The molecule has 0 saturated carbocycles. The normalized spacial score (nSPS) is 12.3. The van der Waals surface area contributed by atoms with Gasteiger partial charge in [-0.3, -0.25) is 4.79 Å². The number of ether oxygens (including phenoxy) is 2. The molecule has 0 aliphatic heterocycles. The van der Waals surface area contributed by atoms with Gasteiger partial charge in [0.05, 0.1) is 12.2 Å². The molecule has 0 aliphatic carbocycles. The fourth-order valence-corrected chi connectivity index (χ4v) is 3.29. The molecule has 0 radical (unpaired) electrons. The van der Waals surface area contributed by atoms with Gasteiger partial charge in [0, 0.05) is 37.8 Å². The molecule has 1 aromatic carbocycles. The van der Waals surface area contributed by atoms with E-state index in [1.54, 1.807) is 13.8 Å². The van der Waals surface area contributed by atoms with Crippen molar-refractivity contribution in [2.45, 2.75) is 25.7 Å². The summed E-state index contributed by atoms with van der Waals surface area (Å²) in [6.45, 7) is 8.87. The predicted molar refractivity (Wildman–Crippen MR) is 103 cm³/mol. The summed E-state index contributed by atoms with van der Waals surface area (Å²) in [5.41, 5.74) is 0.641. The third kappa shape index (κ3) is 5.30. The van der Waals surface area contributed by atoms with Crippen molar-refractivity contribution >= 4 is 22.3 Å². The SMILES string of the molecule is C=NN(CC)/C(O)=C(\C)C(=O)c1ccc(S(C)(=O)=O)c(OCCOC)c1C. The van der Waals surface area contributed by atoms with Crippen molar-refractivity contribution in [2.75, 3.05) is 33.1 Å². The van der Waals surface area contributed by atoms with Crippen molar-refractivity contribution in [3.8, 4) is 5.75 Å². The number of aliphatic hydroxyl groups is 1. The maximum absolute atomic E-state index is 12.9. The molecule has 0 bridgehead atoms. The lowest BCUT2D eigenvalue weighted by Gasteiger charge is -2.18. The quantitative estimate of drug-likeness (QED) is 0.161. The Kier molecular flexibility index (Phi) is 7.98. The average Bonchev–Trinajstić information content (AvgIpc) is 2.61. The zero-order chi connectivity index (χ0) is 20.8. The van der Waals surface area contributed by atoms with Gasteiger partial charge in [-0.2, -0.15) is 5.10 Å². The van der Waals surface area contributed by atoms with Gasteiger partial charge in [-0.15, -0.1) is 0 Å². The zero-order valence-corrected chi connectivity index (χ0v) is 17.1. The van der Waals surface area contributed by atoms with E-state index in [1.807, 2.05) is 0 Å². The van der Waals surface area contributed by atoms with E-state index in [4.69, 9.17) is 9.47 Å². The number of aliphatic hydroxyl groups excluding tert-OH is 1. The molecule has 0 heterocycles. The Balaban J connectivity index is 3.49. The first kappa shape index (κ1) is 22.7. The maximum Gasteiger partial charge on any atom is 0.214 e. The number of benzene rings is 1. The van der Waals surface area contributed by atoms with Crippen LogP contribution in [0.3, 0.4) is 0 Å². The minimum atomic E-state index is -3.56. The van der Waals surface area contributed by atoms with Crippen LogP contribution in [0.5, 0.6) is 5.75 Å². The summed E-state index contributed by atoms with van der Waals surface area (Å²) in [4.78, 5) is 12.8. The van der Waals surface area contributed by atoms with Crippen LogP contribution in [-0.4, -0.2) is 64.2 Å². The summed E-state index contributed by atoms with van der Waals surface area (Å²) in [6.07, 6.45) is 1.07. The third-order valence-corrected chi connectivity index (χ3v) is 5.06. The monoisotopic (exact) mass is 398 g/mol. The Hall–Kier alpha value is -2.39. The molecule has 0 amide bonds. The molecule has 150 valence electrons. The standard InChI is InChI=1S/C18H26N2O6S/c1-7-20(19-4)18(22)13(3)16(21)14-8-9-15(27(6,23)24)17(12(14)2)26-11-10-25-5/h8-9,22H,4,7,10-11H2,1-3,5-6H3/b18-13-. The summed E-state index contributed by atoms with van der Waals surface area (Å²) < 4.78 is 34.6. The first-order valence-electron chi connectivity index (χ1n) is 8.24. The van der Waals surface area contributed by atoms with Crippen LogP contribution in [0, 0.1) is 6.92 Å². The van der Waals surface area contributed by atoms with Crippen LogP contribution >= 0.6 is 0 Å². The number of methoxy groups -OCH3 is 1. The number of sulfone groups is 1. The molecule has 1 N–H and O–H groups in total. The molecule has 0 fully saturated rings. The highest BCUT2D eigenvalue weighted by Crippen LogP contribution is 2.32. The van der Waals surface area contributed by atoms with Gasteiger partial charge in [0.25, 0.3) is 0 Å². The highest BCUT2D eigenvalue weighted by Gasteiger charge is 2.24. The summed E-state index contributed by atoms with van der Waals surface area (Å²) in [5, 5.41) is 15.1. The summed E-state index contributed by atoms with van der Waals surface area (Å²) >= 11 is 0. The summed E-state index contributed by atoms with van der Waals surface area (Å²) in [5.74, 6) is -0.684. The van der Waals surface area contributed by atoms with Crippen molar-refractivity contribution in [1.82, 2.24) is 5.01 Å². The van der Waals surface area contributed by atoms with Gasteiger partial charge in [-0.05, 0) is 32.9 Å². The molecule has 0 unspecified atom stereocenters. The molecule has 1 aromatic rings. The minimum absolute atomic E-state index is 0.0125. The Morgan fingerprint density at radius 3 is 2.44 bits per heavy atom. The number of allylic oxidation sites excluding steroid dienone is 1. The second kappa shape index (κ2) is 9.52. The van der Waals surface area contributed by atoms with E-state index in [1.165, 1.54) is 31.2 Å². The van der Waals surface area contributed by atoms with Crippen LogP contribution in [0.2, 0.25) is 0 Å². The summed E-state index contributed by atoms with van der Waals surface area (Å²) in [6, 6.07) is 2.73. The van der Waals surface area contributed by atoms with Crippen molar-refractivity contribution in [3.05, 3.63) is 34.7 Å². The minimum Gasteiger partial charge on any atom is -0.493 e. The topological polar surface area (TPSA) is 106 Å². The van der Waals surface area contributed by atoms with Gasteiger partial charge in [0.2, 0.25) is 5.88 Å². The highest BCUT2D eigenvalue weighted by atomic mass is 32.2. The average molecular weight is 398 g/mol. The predicted octanol–water partition coefficient (Wildman–Crippen LogP) is 2.33. The Bertz CT molecular complexity index is 846. The molecule has 0 saturated heterocycles. The van der Waals surface area contributed by atoms with E-state index in [9.17, 15) is 18.3 Å². The molecule has 0 aromatic heterocycles. The number of carbonyl (C=O) groups excluding carboxylic acids is 1. The molecule has 8 nitrogen and oxygen atoms in total. The van der Waals surface area contributed by atoms with E-state index < -0.39 is 15.6 Å². The number of Topliss-reactive ketones (excluding diaryl/α,β-unsaturated/α-hetero) is 1. The van der Waals surface area contributed by atoms with E-state index in [-0.39, 0.29) is 40.9 Å². The fourth-order valence-electron chi connectivity index (χ4n) is 2.43. The first-order chi connectivity index (χ1) is 12.6. The number of hydrogen-bond acceptors (Lipinski definition) is 8. The van der Waals surface area contributed by atoms with Crippen LogP contribution in [-0.2, 0) is 14.6 Å². The zero-order valence-electron chi connectivity index (χ0n) is 16.3. The van der Waals surface area contributed by atoms with Crippen LogP contribution in [0.15, 0.2) is 33.6 Å². The number of hydrogen-bond donors (Lipinski definition) is 1. The fraction of sp³-hybridized carbons (Fsp3) is 0.444. The number of rotatable bonds is 10. The van der Waals surface area contributed by atoms with Gasteiger partial charge in [0.15, 0.2) is 15.6 Å². The molecule has 0 spiro atoms. The largest absolute Gasteiger partial charge is 0.493 e. The molecule has 27 heavy (non-hydrogen) atoms. The van der Waals surface area contributed by atoms with E-state index in [0.717, 1.165) is 6.26 Å². The Morgan fingerprint density at radius 2 is 1.96 bits per heavy atom. The van der Waals surface area contributed by atoms with Gasteiger partial charge in [-0.25, -0.2) is 13.4 Å². The van der Waals surface area contributed by atoms with E-state index in [2.05, 4.69) is 11.8 Å². The number of carbonyl (C=O) groups is 1. The maximum atomic E-state index is 12.9. The Morgan fingerprint density at radius 1 is 1.33 bits per heavy atom. The Labute approximate surface area is 160 Å². The number of nitrogens with zero attached hydrogens (tertiary/aromatic N) is 2. The molecular weight excluding hydrogens is 372 g/mol. The highest BCUT2D eigenvalue weighted by molar-refractivity contribution is 7.90. The van der Waals surface area contributed by atoms with Gasteiger partial charge in [0.1, 0.15) is 17.3 Å². The van der Waals surface area contributed by atoms with Gasteiger partial charge in [-0.1, -0.05) is 0 Å². The molecule has 9 heteroatoms. The van der Waals surface area contributed by atoms with Gasteiger partial charge >= 0.3 is 0 Å². The van der Waals surface area contributed by atoms with Crippen LogP contribution < -0.4 is 4.74 Å². The van der Waals surface area contributed by atoms with Crippen molar-refractivity contribution in [2.24, 2.45) is 5.10 Å². The third-order valence-electron chi connectivity index (χ3n) is 3.94. The first-order valence-corrected chi connectivity index (χ1v) is 10.1. The van der Waals surface area contributed by atoms with Crippen molar-refractivity contribution in [1.29, 1.82) is 0 Å². The summed E-state index contributed by atoms with van der Waals surface area (Å²) in [7, 11) is -2.07. The van der Waals surface area contributed by atoms with Gasteiger partial charge < -0.3 is 14.6 Å². The lowest BCUT2D eigenvalue weighted by molar-refractivity contribution is 0.101. The van der Waals surface area contributed by atoms with E-state index >= 15 is 0 Å². The van der Waals surface area contributed by atoms with Crippen LogP contribution in [0.25, 0.3) is 0 Å². The second-order valence-electron chi connectivity index (χ2n) is 5.81. The smallest absolute Gasteiger partial charge is 0.214 e. The van der Waals surface area contributed by atoms with Crippen molar-refractivity contribution in [3.63, 3.8) is 0 Å². The van der Waals surface area contributed by atoms with Crippen molar-refractivity contribution < 1.29 is 27.8 Å². The molecular formula is C18H26N2O6S. The van der Waals surface area contributed by atoms with Crippen LogP contribution in [0.1, 0.15) is 29.8 Å². The molecule has 1 rings (SSSR count). The lowest BCUT2D eigenvalue weighted by atomic mass is 9.99. The second-order valence-corrected chi connectivity index (χ2v) is 7.80. The molecule has 0 atom stereocenters. The molecule has 0 aliphatic rings. The number of hydrazone groups is 1.